The van der Waals surface area contributed by atoms with Crippen LogP contribution in [0.15, 0.2) is 201 Å². The molecule has 0 saturated carbocycles. The van der Waals surface area contributed by atoms with Gasteiger partial charge in [-0.15, -0.1) is 26.3 Å². The number of fused-ring (bicyclic) bond motifs is 3. The average molecular weight is 2180 g/mol. The van der Waals surface area contributed by atoms with E-state index in [2.05, 4.69) is 42.7 Å². The van der Waals surface area contributed by atoms with Gasteiger partial charge in [0.25, 0.3) is 10.1 Å². The summed E-state index contributed by atoms with van der Waals surface area (Å²) >= 11 is 4.64. The monoisotopic (exact) mass is 2180 g/mol. The van der Waals surface area contributed by atoms with Gasteiger partial charge in [-0.3, -0.25) is 14.1 Å². The molecule has 14 N–H and O–H groups in total. The molecule has 846 valence electrons. The molecule has 0 amide bonds. The van der Waals surface area contributed by atoms with Crippen LogP contribution in [-0.4, -0.2) is 357 Å². The number of hydrogen-bond donors (Lipinski definition) is 14. The van der Waals surface area contributed by atoms with Crippen LogP contribution in [0, 0.1) is 12.8 Å². The Kier molecular flexibility index (Phi) is 60.0. The Labute approximate surface area is 910 Å². The predicted octanol–water partition coefficient (Wildman–Crippen LogP) is 5.44. The largest absolute Gasteiger partial charge is 1.00 e. The molecule has 0 bridgehead atoms. The molecule has 10 saturated heterocycles. The van der Waals surface area contributed by atoms with Crippen molar-refractivity contribution in [2.24, 2.45) is 5.92 Å². The first kappa shape index (κ1) is 136. The number of carbonyl (C=O) groups is 2. The van der Waals surface area contributed by atoms with Crippen LogP contribution in [-0.2, 0) is 150 Å². The third-order valence-electron chi connectivity index (χ3n) is 23.9. The van der Waals surface area contributed by atoms with Crippen molar-refractivity contribution in [2.45, 2.75) is 369 Å². The van der Waals surface area contributed by atoms with Gasteiger partial charge >= 0.3 is 35.5 Å². The van der Waals surface area contributed by atoms with Crippen LogP contribution in [0.25, 0.3) is 0 Å². The number of aryl methyl sites for hydroxylation is 1. The van der Waals surface area contributed by atoms with Crippen molar-refractivity contribution in [3.8, 4) is 0 Å². The molecule has 10 aliphatic heterocycles. The number of ether oxygens (including phenoxy) is 22. The Balaban J connectivity index is 0.000000438. The molecular formula is C107H164ClNaO40S. The topological polar surface area (TPSA) is 555 Å². The van der Waals surface area contributed by atoms with E-state index in [1.807, 2.05) is 218 Å². The van der Waals surface area contributed by atoms with Crippen LogP contribution in [0.4, 0.5) is 0 Å². The summed E-state index contributed by atoms with van der Waals surface area (Å²) in [4.78, 5) is 20.5. The maximum Gasteiger partial charge on any atom is 1.00 e. The number of hydrogen-bond acceptors (Lipinski definition) is 39. The van der Waals surface area contributed by atoms with E-state index >= 15 is 0 Å². The van der Waals surface area contributed by atoms with E-state index in [9.17, 15) is 53.8 Å². The van der Waals surface area contributed by atoms with Gasteiger partial charge in [0.05, 0.1) is 126 Å². The van der Waals surface area contributed by atoms with Gasteiger partial charge in [-0.05, 0) is 157 Å². The number of carbonyl (C=O) groups excluding carboxylic acids is 2. The van der Waals surface area contributed by atoms with E-state index in [1.54, 1.807) is 45.2 Å². The first-order valence-electron chi connectivity index (χ1n) is 49.0. The molecule has 150 heavy (non-hydrogen) atoms. The predicted molar refractivity (Wildman–Crippen MR) is 545 cm³/mol. The maximum atomic E-state index is 11.4. The van der Waals surface area contributed by atoms with E-state index in [0.717, 1.165) is 27.8 Å². The van der Waals surface area contributed by atoms with Crippen LogP contribution < -0.4 is 29.6 Å². The molecule has 43 heteroatoms. The molecule has 31 atom stereocenters. The third-order valence-corrected chi connectivity index (χ3v) is 24.7. The molecule has 5 aromatic rings. The van der Waals surface area contributed by atoms with Gasteiger partial charge in [0.15, 0.2) is 60.7 Å². The standard InChI is InChI=1S/C19H26O5.C16H22O5.C16H22O4.C12H20O5.C12H16O5.C9H16O5.C7H8O3S.C6H12O5.C5H12O.C3H6O.C2H3ClO.Na.H/c1-5-11-20-18-17-16(23-19(3,4)24-17)15(13(2)22-18)21-12-14-9-7-6-8-10-14;1-10-12(18-9-11-7-5-4-6-8-11)13-14(15(17)19-10)21-16(2,3)20-13;1-12-13(2)19-11-16(12,20-14(3)17)10-18-9-15-7-5-4-6-8-15;1-5-6-14-11-10-9(8(13)7(2)15-11)16-12(3,4)17-10;13-10-11(14)17-8-12(10,15)7-16-6-9-4-2-1-3-5-9;1-3-4-13-9-8(12)7(11)6(10)5(2)14-9;1-6-2-4-7(5-3-6)11(8,9)10;1-2-3(7)4(8)5(9)6(10)11-2;1-5(2,3)6-4;1-2-3-4;1-2(3)4;;/h5-10,13,15-18H,1,11-12H2,2-4H3;4-8,10,12-15,17H,9H2,1-3H3;4-8,12-13H,9-11H2,1-3H3;5,7-11,13H,1,6H2,2-4H3;1-5,10-11,13-15H,6-8H2;3,5-12H,1,4H2,2H3;2-5H,1H3,(H,8,9,10);2-10H,1H3;1-4H3;2,4H,1,3H2;1H3;;/q;;;;;;;;;;;+1;-1/t13?,15-,16?,17?,18+;10?,12-,13?,14?,15?;12?,13-,16-;7?,8-,9?,10?,11+;10?,11-,12+;5?,6-,7?,8?,9+;;2?,3-,4?,5?,6?;;;;;/m000010.0...../s1. The van der Waals surface area contributed by atoms with Crippen LogP contribution in [0.1, 0.15) is 154 Å². The van der Waals surface area contributed by atoms with Crippen molar-refractivity contribution in [2.75, 3.05) is 60.0 Å². The van der Waals surface area contributed by atoms with Crippen LogP contribution in [0.5, 0.6) is 0 Å². The average Bonchev–Trinajstić information content (AvgIpc) is 1.63. The smallest absolute Gasteiger partial charge is 1.00 e. The molecule has 10 fully saturated rings. The number of rotatable bonds is 26. The Hall–Kier alpha value is -5.96. The quantitative estimate of drug-likeness (QED) is 0.0108. The Bertz CT molecular complexity index is 4730. The van der Waals surface area contributed by atoms with Crippen molar-refractivity contribution in [3.05, 3.63) is 224 Å². The second kappa shape index (κ2) is 66.0. The molecule has 10 heterocycles. The Morgan fingerprint density at radius 1 is 0.440 bits per heavy atom. The molecule has 0 radical (unpaired) electrons. The van der Waals surface area contributed by atoms with Crippen LogP contribution in [0.2, 0.25) is 0 Å². The second-order valence-corrected chi connectivity index (χ2v) is 40.8. The summed E-state index contributed by atoms with van der Waals surface area (Å²) < 4.78 is 152. The molecule has 5 aromatic carbocycles. The van der Waals surface area contributed by atoms with Gasteiger partial charge < -0.3 is 172 Å². The van der Waals surface area contributed by atoms with Gasteiger partial charge in [-0.1, -0.05) is 170 Å². The second-order valence-electron chi connectivity index (χ2n) is 38.8. The molecule has 19 unspecified atom stereocenters. The van der Waals surface area contributed by atoms with Crippen molar-refractivity contribution < 1.29 is 224 Å². The molecule has 0 spiro atoms. The van der Waals surface area contributed by atoms with E-state index in [0.29, 0.717) is 52.9 Å². The minimum Gasteiger partial charge on any atom is -1.00 e. The van der Waals surface area contributed by atoms with E-state index in [1.165, 1.54) is 45.1 Å². The summed E-state index contributed by atoms with van der Waals surface area (Å²) in [5.74, 6) is -2.33. The molecule has 0 aliphatic carbocycles. The van der Waals surface area contributed by atoms with E-state index in [4.69, 9.17) is 135 Å². The number of aliphatic hydroxyl groups excluding tert-OH is 12. The zero-order chi connectivity index (χ0) is 112. The SMILES string of the molecule is C=CCO.C=CCO[C@@H]1OC(C)[C@H](O)C(O)C1O.C=CCO[C@@H]1OC(C)[C@H](O)C2OC(C)(C)OC21.C=CCO[C@@H]1OC(C)[C@H](OCc2ccccc2)C2OC(C)(C)OC21.CC(=O)Cl.CC(=O)O[C@@]1(COCc2ccccc2)CO[C@@H](C)C1C.CC1OC(O)C(O)C(O)[C@H]1O.CC1OC(O)C2OC(C)(C)OC2[C@H]1OCc1ccccc1.COC(C)(C)C.Cc1ccc(S(=O)(=O)O)cc1.OC1[C@H](O)OC[C@@]1(O)COCc1ccccc1.[H-].[Na+]. The van der Waals surface area contributed by atoms with Crippen molar-refractivity contribution in [1.29, 1.82) is 0 Å². The summed E-state index contributed by atoms with van der Waals surface area (Å²) in [5.41, 5.74) is 3.08. The molecule has 15 rings (SSSR count). The normalized spacial score (nSPS) is 33.2. The Morgan fingerprint density at radius 2 is 0.787 bits per heavy atom. The van der Waals surface area contributed by atoms with E-state index < -0.39 is 156 Å². The number of benzene rings is 5. The van der Waals surface area contributed by atoms with E-state index in [-0.39, 0.29) is 140 Å². The van der Waals surface area contributed by atoms with Gasteiger partial charge in [-0.25, -0.2) is 0 Å². The first-order valence-corrected chi connectivity index (χ1v) is 50.9. The minimum atomic E-state index is -4.02. The number of esters is 1. The molecular weight excluding hydrogens is 2020 g/mol. The summed E-state index contributed by atoms with van der Waals surface area (Å²) in [6.45, 7) is 51.9. The number of halogens is 1. The fourth-order valence-corrected chi connectivity index (χ4v) is 16.1. The van der Waals surface area contributed by atoms with Crippen LogP contribution >= 0.6 is 11.6 Å². The number of methoxy groups -OCH3 is 1. The summed E-state index contributed by atoms with van der Waals surface area (Å²) in [6, 6.07) is 45.4. The zero-order valence-corrected chi connectivity index (χ0v) is 93.5. The zero-order valence-electron chi connectivity index (χ0n) is 90.9. The van der Waals surface area contributed by atoms with Gasteiger partial charge in [0.2, 0.25) is 5.24 Å². The third kappa shape index (κ3) is 45.6. The van der Waals surface area contributed by atoms with Crippen molar-refractivity contribution >= 4 is 32.9 Å². The van der Waals surface area contributed by atoms with Crippen molar-refractivity contribution in [3.63, 3.8) is 0 Å². The number of aliphatic hydroxyl groups is 13. The van der Waals surface area contributed by atoms with Gasteiger partial charge in [-0.2, -0.15) is 8.42 Å². The fraction of sp³-hybridized carbons (Fsp3) is 0.626. The van der Waals surface area contributed by atoms with Crippen LogP contribution in [0.3, 0.4) is 0 Å². The summed E-state index contributed by atoms with van der Waals surface area (Å²) in [6.07, 6.45) is -13.6. The molecule has 0 aromatic heterocycles. The summed E-state index contributed by atoms with van der Waals surface area (Å²) in [7, 11) is -2.31. The van der Waals surface area contributed by atoms with Crippen molar-refractivity contribution in [1.82, 2.24) is 0 Å². The fourth-order valence-electron chi connectivity index (χ4n) is 15.6. The molecule has 10 aliphatic rings. The first-order chi connectivity index (χ1) is 69.9. The maximum absolute atomic E-state index is 11.4. The summed E-state index contributed by atoms with van der Waals surface area (Å²) in [5, 5.41) is 120. The minimum absolute atomic E-state index is 0. The molecule has 40 nitrogen and oxygen atoms in total. The van der Waals surface area contributed by atoms with Gasteiger partial charge in [0, 0.05) is 26.9 Å². The van der Waals surface area contributed by atoms with Gasteiger partial charge in [0.1, 0.15) is 103 Å². The Morgan fingerprint density at radius 3 is 1.17 bits per heavy atom.